The van der Waals surface area contributed by atoms with Crippen molar-refractivity contribution in [3.8, 4) is 5.88 Å². The molecule has 1 aromatic carbocycles. The van der Waals surface area contributed by atoms with E-state index >= 15 is 0 Å². The smallest absolute Gasteiger partial charge is 0.438 e. The number of carbonyl (C=O) groups is 4. The van der Waals surface area contributed by atoms with Crippen molar-refractivity contribution >= 4 is 44.7 Å². The van der Waals surface area contributed by atoms with Crippen LogP contribution in [0.4, 0.5) is 17.6 Å². The molecule has 4 aliphatic rings. The van der Waals surface area contributed by atoms with Crippen molar-refractivity contribution in [1.29, 1.82) is 0 Å². The number of hydrogen-bond donors (Lipinski definition) is 3. The van der Waals surface area contributed by atoms with Crippen molar-refractivity contribution in [1.82, 2.24) is 35.4 Å². The Bertz CT molecular complexity index is 2230. The van der Waals surface area contributed by atoms with E-state index in [1.54, 1.807) is 13.0 Å². The highest BCUT2D eigenvalue weighted by Crippen LogP contribution is 2.47. The van der Waals surface area contributed by atoms with Gasteiger partial charge in [-0.15, -0.1) is 0 Å². The Morgan fingerprint density at radius 2 is 1.89 bits per heavy atom. The molecule has 2 saturated carbocycles. The van der Waals surface area contributed by atoms with Crippen molar-refractivity contribution in [2.75, 3.05) is 6.54 Å². The topological polar surface area (TPSA) is 203 Å². The lowest BCUT2D eigenvalue weighted by molar-refractivity contribution is -0.143. The Morgan fingerprint density at radius 3 is 2.59 bits per heavy atom. The Morgan fingerprint density at radius 1 is 1.12 bits per heavy atom. The summed E-state index contributed by atoms with van der Waals surface area (Å²) in [6.45, 7) is 2.58. The maximum atomic E-state index is 14.7. The molecular weight excluding hydrogens is 766 g/mol. The number of carbonyl (C=O) groups excluding carboxylic acids is 4. The van der Waals surface area contributed by atoms with Crippen molar-refractivity contribution < 1.29 is 54.4 Å². The van der Waals surface area contributed by atoms with Crippen LogP contribution in [-0.4, -0.2) is 87.1 Å². The minimum absolute atomic E-state index is 0.0386. The molecule has 7 rings (SSSR count). The number of rotatable bonds is 7. The molecule has 4 heterocycles. The molecule has 0 spiro atoms. The van der Waals surface area contributed by atoms with Gasteiger partial charge in [0, 0.05) is 18.4 Å². The number of benzene rings is 1. The number of hydrogen-bond acceptors (Lipinski definition) is 11. The van der Waals surface area contributed by atoms with Gasteiger partial charge in [-0.2, -0.15) is 13.2 Å². The second-order valence-electron chi connectivity index (χ2n) is 15.0. The summed E-state index contributed by atoms with van der Waals surface area (Å²) in [6, 6.07) is 1.94. The highest BCUT2D eigenvalue weighted by molar-refractivity contribution is 7.91. The van der Waals surface area contributed by atoms with Crippen LogP contribution < -0.4 is 20.1 Å². The van der Waals surface area contributed by atoms with Gasteiger partial charge in [-0.05, 0) is 64.5 Å². The third-order valence-corrected chi connectivity index (χ3v) is 13.0. The Balaban J connectivity index is 1.23. The van der Waals surface area contributed by atoms with Crippen LogP contribution in [0, 0.1) is 18.7 Å². The first kappa shape index (κ1) is 39.1. The highest BCUT2D eigenvalue weighted by Gasteiger charge is 2.63. The molecule has 0 radical (unpaired) electrons. The van der Waals surface area contributed by atoms with Crippen molar-refractivity contribution in [3.05, 3.63) is 59.4 Å². The summed E-state index contributed by atoms with van der Waals surface area (Å²) in [5.74, 6) is -5.72. The lowest BCUT2D eigenvalue weighted by atomic mass is 10.0. The Hall–Kier alpha value is -5.14. The number of para-hydroxylation sites is 1. The van der Waals surface area contributed by atoms with E-state index in [1.807, 2.05) is 6.08 Å². The lowest BCUT2D eigenvalue weighted by Crippen LogP contribution is -2.58. The van der Waals surface area contributed by atoms with Gasteiger partial charge in [-0.3, -0.25) is 23.9 Å². The number of aryl methyl sites for hydroxylation is 1. The van der Waals surface area contributed by atoms with E-state index in [0.29, 0.717) is 44.3 Å². The summed E-state index contributed by atoms with van der Waals surface area (Å²) in [5, 5.41) is 9.02. The molecule has 15 nitrogen and oxygen atoms in total. The third-order valence-electron chi connectivity index (χ3n) is 10.8. The number of sulfonamides is 1. The number of aromatic nitrogens is 3. The van der Waals surface area contributed by atoms with Crippen LogP contribution in [0.5, 0.6) is 5.88 Å². The average molecular weight is 806 g/mol. The minimum atomic E-state index is -5.10. The summed E-state index contributed by atoms with van der Waals surface area (Å²) in [7, 11) is -4.12. The first-order valence-corrected chi connectivity index (χ1v) is 19.7. The van der Waals surface area contributed by atoms with Gasteiger partial charge in [0.05, 0.1) is 16.8 Å². The average Bonchev–Trinajstić information content (AvgIpc) is 3.93. The molecule has 2 aromatic heterocycles. The number of nitrogens with zero attached hydrogens (tertiary/aromatic N) is 4. The van der Waals surface area contributed by atoms with Gasteiger partial charge >= 0.3 is 6.18 Å². The molecule has 300 valence electrons. The maximum Gasteiger partial charge on any atom is 0.438 e. The number of alkyl halides is 3. The molecular formula is C36H39F4N7O8S. The third kappa shape index (κ3) is 7.66. The van der Waals surface area contributed by atoms with Crippen LogP contribution in [0.3, 0.4) is 0 Å². The predicted molar refractivity (Wildman–Crippen MR) is 187 cm³/mol. The summed E-state index contributed by atoms with van der Waals surface area (Å²) in [6.07, 6.45) is -0.166. The van der Waals surface area contributed by atoms with E-state index in [1.165, 1.54) is 19.1 Å². The lowest BCUT2D eigenvalue weighted by Gasteiger charge is -2.30. The molecule has 5 atom stereocenters. The fraction of sp³-hybridized carbons (Fsp3) is 0.528. The molecule has 0 bridgehead atoms. The normalized spacial score (nSPS) is 26.6. The predicted octanol–water partition coefficient (Wildman–Crippen LogP) is 3.62. The minimum Gasteiger partial charge on any atom is -0.471 e. The molecule has 56 heavy (non-hydrogen) atoms. The maximum absolute atomic E-state index is 14.7. The largest absolute Gasteiger partial charge is 0.471 e. The number of nitrogens with one attached hydrogen (secondary N) is 3. The number of allylic oxidation sites excluding steroid dienone is 1. The number of ether oxygens (including phenoxy) is 1. The zero-order chi connectivity index (χ0) is 40.2. The monoisotopic (exact) mass is 805 g/mol. The zero-order valence-corrected chi connectivity index (χ0v) is 31.1. The standard InChI is InChI=1S/C36H39F4N7O8S/c1-19-15-25(45-55-19)29(48)42-24-11-7-5-3-4-6-9-20-17-35(20,33(51)46-56(52,53)34(2)13-14-34)44-30(49)26-16-21(18-47(26)32(24)50)54-31-28(36(38,39)40)41-23-12-8-10-22(37)27(23)43-31/h6,8-10,12,15,20-21,24,26H,3-5,7,11,13-14,16-18H2,1-2H3,(H,42,48)(H,44,49)(H,46,51)/t20-,21-,24+,26+,35-/m1/s1. The van der Waals surface area contributed by atoms with Crippen LogP contribution in [-0.2, 0) is 30.6 Å². The summed E-state index contributed by atoms with van der Waals surface area (Å²) < 4.78 is 95.4. The van der Waals surface area contributed by atoms with Crippen LogP contribution in [0.2, 0.25) is 0 Å². The van der Waals surface area contributed by atoms with Gasteiger partial charge in [0.15, 0.2) is 11.5 Å². The molecule has 2 aliphatic heterocycles. The van der Waals surface area contributed by atoms with E-state index in [4.69, 9.17) is 9.26 Å². The quantitative estimate of drug-likeness (QED) is 0.233. The first-order valence-electron chi connectivity index (χ1n) is 18.2. The van der Waals surface area contributed by atoms with Crippen LogP contribution in [0.25, 0.3) is 11.0 Å². The van der Waals surface area contributed by atoms with Gasteiger partial charge in [0.2, 0.25) is 33.4 Å². The molecule has 20 heteroatoms. The molecule has 4 amide bonds. The van der Waals surface area contributed by atoms with Gasteiger partial charge < -0.3 is 24.8 Å². The molecule has 3 N–H and O–H groups in total. The molecule has 2 aliphatic carbocycles. The van der Waals surface area contributed by atoms with Gasteiger partial charge in [-0.1, -0.05) is 36.2 Å². The van der Waals surface area contributed by atoms with E-state index < -0.39 is 110 Å². The second kappa shape index (κ2) is 14.4. The van der Waals surface area contributed by atoms with Crippen molar-refractivity contribution in [2.45, 2.75) is 106 Å². The summed E-state index contributed by atoms with van der Waals surface area (Å²) >= 11 is 0. The zero-order valence-electron chi connectivity index (χ0n) is 30.3. The summed E-state index contributed by atoms with van der Waals surface area (Å²) in [5.41, 5.74) is -4.27. The van der Waals surface area contributed by atoms with Crippen LogP contribution in [0.1, 0.15) is 86.7 Å². The molecule has 3 fully saturated rings. The number of amides is 4. The summed E-state index contributed by atoms with van der Waals surface area (Å²) in [4.78, 5) is 64.2. The van der Waals surface area contributed by atoms with Crippen molar-refractivity contribution in [3.63, 3.8) is 0 Å². The van der Waals surface area contributed by atoms with Crippen molar-refractivity contribution in [2.24, 2.45) is 5.92 Å². The van der Waals surface area contributed by atoms with Crippen LogP contribution in [0.15, 0.2) is 40.9 Å². The molecule has 1 saturated heterocycles. The number of halogens is 4. The Labute approximate surface area is 318 Å². The van der Waals surface area contributed by atoms with E-state index in [0.717, 1.165) is 17.0 Å². The fourth-order valence-electron chi connectivity index (χ4n) is 7.10. The second-order valence-corrected chi connectivity index (χ2v) is 17.2. The SMILES string of the molecule is Cc1cc(C(=O)N[C@H]2CCCCCC=C[C@@H]3C[C@@]3(C(=O)NS(=O)(=O)C3(C)CC3)NC(=O)[C@@H]3C[C@@H](Oc4nc5c(F)cccc5nc4C(F)(F)F)CN3C2=O)no1. The van der Waals surface area contributed by atoms with E-state index in [9.17, 15) is 45.2 Å². The van der Waals surface area contributed by atoms with Crippen LogP contribution >= 0.6 is 0 Å². The Kier molecular flexibility index (Phi) is 10.1. The fourth-order valence-corrected chi connectivity index (χ4v) is 8.42. The molecule has 3 aromatic rings. The van der Waals surface area contributed by atoms with E-state index in [-0.39, 0.29) is 24.1 Å². The number of fused-ring (bicyclic) bond motifs is 3. The van der Waals surface area contributed by atoms with Gasteiger partial charge in [-0.25, -0.2) is 22.8 Å². The first-order chi connectivity index (χ1) is 26.4. The van der Waals surface area contributed by atoms with E-state index in [2.05, 4.69) is 30.5 Å². The van der Waals surface area contributed by atoms with Gasteiger partial charge in [0.25, 0.3) is 11.8 Å². The van der Waals surface area contributed by atoms with Gasteiger partial charge in [0.1, 0.15) is 35.0 Å². The molecule has 0 unspecified atom stereocenters. The highest BCUT2D eigenvalue weighted by atomic mass is 32.2.